The molecule has 10 atom stereocenters. The van der Waals surface area contributed by atoms with Gasteiger partial charge in [0.25, 0.3) is 5.91 Å². The summed E-state index contributed by atoms with van der Waals surface area (Å²) in [5.74, 6) is -1.61. The molecular weight excluding hydrogens is 612 g/mol. The van der Waals surface area contributed by atoms with Crippen molar-refractivity contribution in [1.29, 1.82) is 0 Å². The Morgan fingerprint density at radius 3 is 2.38 bits per heavy atom. The van der Waals surface area contributed by atoms with E-state index in [0.29, 0.717) is 30.6 Å². The molecule has 7 N–H and O–H groups in total. The Morgan fingerprint density at radius 2 is 1.69 bits per heavy atom. The molecule has 266 valence electrons. The molecule has 10 nitrogen and oxygen atoms in total. The van der Waals surface area contributed by atoms with Crippen molar-refractivity contribution in [3.8, 4) is 11.5 Å². The lowest BCUT2D eigenvalue weighted by atomic mass is 9.43. The van der Waals surface area contributed by atoms with Gasteiger partial charge in [-0.2, -0.15) is 0 Å². The molecule has 2 amide bonds. The van der Waals surface area contributed by atoms with Gasteiger partial charge in [0.05, 0.1) is 23.8 Å². The summed E-state index contributed by atoms with van der Waals surface area (Å²) in [6.07, 6.45) is 8.71. The zero-order valence-corrected chi connectivity index (χ0v) is 29.1. The van der Waals surface area contributed by atoms with E-state index in [-0.39, 0.29) is 47.3 Å². The van der Waals surface area contributed by atoms with Gasteiger partial charge in [-0.25, -0.2) is 0 Å². The monoisotopic (exact) mass is 668 g/mol. The summed E-state index contributed by atoms with van der Waals surface area (Å²) in [6.45, 7) is 12.9. The molecule has 4 unspecified atom stereocenters. The van der Waals surface area contributed by atoms with Crippen molar-refractivity contribution in [3.05, 3.63) is 29.8 Å². The maximum absolute atomic E-state index is 12.8. The van der Waals surface area contributed by atoms with Crippen molar-refractivity contribution in [2.24, 2.45) is 46.2 Å². The van der Waals surface area contributed by atoms with Gasteiger partial charge in [0.2, 0.25) is 5.91 Å². The summed E-state index contributed by atoms with van der Waals surface area (Å²) >= 11 is 0. The number of ether oxygens (including phenoxy) is 1. The zero-order chi connectivity index (χ0) is 35.2. The SMILES string of the molecule is C=C(C)CCC[C@](C)(O)C1CCC2C3C[C@H](O)[C@H]4C[C@@H](OC(=O)CCC(=O)Nc5ccc(O)c(C(N)=O)c5O)CC[C@]4(C)C3CC[C@@]21C. The Kier molecular flexibility index (Phi) is 10.3. The van der Waals surface area contributed by atoms with E-state index in [0.717, 1.165) is 69.4 Å². The van der Waals surface area contributed by atoms with Crippen LogP contribution in [0.3, 0.4) is 0 Å². The molecule has 1 aromatic rings. The number of aliphatic hydroxyl groups is 2. The number of benzene rings is 1. The smallest absolute Gasteiger partial charge is 0.306 e. The van der Waals surface area contributed by atoms with E-state index in [9.17, 15) is 34.8 Å². The average molecular weight is 669 g/mol. The van der Waals surface area contributed by atoms with E-state index in [1.54, 1.807) is 0 Å². The topological polar surface area (TPSA) is 179 Å². The molecule has 0 heterocycles. The van der Waals surface area contributed by atoms with Crippen LogP contribution in [0, 0.1) is 40.4 Å². The minimum Gasteiger partial charge on any atom is -0.507 e. The van der Waals surface area contributed by atoms with Crippen LogP contribution in [0.2, 0.25) is 0 Å². The lowest BCUT2D eigenvalue weighted by Crippen LogP contribution is -2.59. The molecule has 4 saturated carbocycles. The van der Waals surface area contributed by atoms with Crippen molar-refractivity contribution >= 4 is 23.5 Å². The largest absolute Gasteiger partial charge is 0.507 e. The molecule has 0 saturated heterocycles. The summed E-state index contributed by atoms with van der Waals surface area (Å²) in [6, 6.07) is 2.37. The number of carbonyl (C=O) groups is 3. The van der Waals surface area contributed by atoms with Crippen LogP contribution in [0.25, 0.3) is 0 Å². The number of aromatic hydroxyl groups is 2. The number of nitrogens with two attached hydrogens (primary N) is 1. The molecule has 48 heavy (non-hydrogen) atoms. The Bertz CT molecular complexity index is 1430. The van der Waals surface area contributed by atoms with Crippen LogP contribution in [0.1, 0.15) is 122 Å². The highest BCUT2D eigenvalue weighted by Crippen LogP contribution is 2.69. The number of esters is 1. The number of hydrogen-bond donors (Lipinski definition) is 6. The first-order valence-corrected chi connectivity index (χ1v) is 17.9. The van der Waals surface area contributed by atoms with Crippen LogP contribution in [-0.2, 0) is 14.3 Å². The fraction of sp³-hybridized carbons (Fsp3) is 0.711. The van der Waals surface area contributed by atoms with E-state index >= 15 is 0 Å². The van der Waals surface area contributed by atoms with E-state index in [1.807, 2.05) is 13.8 Å². The average Bonchev–Trinajstić information content (AvgIpc) is 3.36. The molecule has 10 heteroatoms. The second-order valence-corrected chi connectivity index (χ2v) is 16.3. The first-order chi connectivity index (χ1) is 22.5. The summed E-state index contributed by atoms with van der Waals surface area (Å²) in [5.41, 5.74) is 5.05. The molecular formula is C38H56N2O8. The normalized spacial score (nSPS) is 35.3. The highest BCUT2D eigenvalue weighted by Gasteiger charge is 2.64. The van der Waals surface area contributed by atoms with Gasteiger partial charge >= 0.3 is 5.97 Å². The third kappa shape index (κ3) is 6.84. The van der Waals surface area contributed by atoms with Crippen LogP contribution < -0.4 is 11.1 Å². The van der Waals surface area contributed by atoms with E-state index < -0.39 is 46.6 Å². The number of carbonyl (C=O) groups excluding carboxylic acids is 3. The molecule has 1 aromatic carbocycles. The number of anilines is 1. The maximum Gasteiger partial charge on any atom is 0.306 e. The molecule has 5 rings (SSSR count). The molecule has 0 spiro atoms. The summed E-state index contributed by atoms with van der Waals surface area (Å²) < 4.78 is 5.84. The second-order valence-electron chi connectivity index (χ2n) is 16.3. The van der Waals surface area contributed by atoms with E-state index in [2.05, 4.69) is 25.7 Å². The van der Waals surface area contributed by atoms with Crippen molar-refractivity contribution in [2.75, 3.05) is 5.32 Å². The highest BCUT2D eigenvalue weighted by molar-refractivity contribution is 6.02. The fourth-order valence-electron chi connectivity index (χ4n) is 10.9. The van der Waals surface area contributed by atoms with Gasteiger partial charge in [0, 0.05) is 6.42 Å². The Labute approximate surface area is 284 Å². The number of rotatable bonds is 11. The van der Waals surface area contributed by atoms with Crippen molar-refractivity contribution in [2.45, 2.75) is 129 Å². The number of hydrogen-bond acceptors (Lipinski definition) is 8. The van der Waals surface area contributed by atoms with Crippen LogP contribution in [-0.4, -0.2) is 56.0 Å². The van der Waals surface area contributed by atoms with Crippen molar-refractivity contribution in [3.63, 3.8) is 0 Å². The lowest BCUT2D eigenvalue weighted by molar-refractivity contribution is -0.187. The number of allylic oxidation sites excluding steroid dienone is 1. The Hall–Kier alpha value is -3.11. The van der Waals surface area contributed by atoms with Gasteiger partial charge in [-0.1, -0.05) is 19.4 Å². The number of fused-ring (bicyclic) bond motifs is 5. The summed E-state index contributed by atoms with van der Waals surface area (Å²) in [4.78, 5) is 36.9. The van der Waals surface area contributed by atoms with E-state index in [4.69, 9.17) is 10.5 Å². The van der Waals surface area contributed by atoms with Crippen LogP contribution in [0.4, 0.5) is 5.69 Å². The molecule has 0 bridgehead atoms. The number of nitrogens with one attached hydrogen (secondary N) is 1. The minimum atomic E-state index is -1.05. The van der Waals surface area contributed by atoms with Crippen LogP contribution in [0.5, 0.6) is 11.5 Å². The summed E-state index contributed by atoms with van der Waals surface area (Å²) in [7, 11) is 0. The number of amides is 2. The molecule has 0 radical (unpaired) electrons. The quantitative estimate of drug-likeness (QED) is 0.0724. The first-order valence-electron chi connectivity index (χ1n) is 17.9. The van der Waals surface area contributed by atoms with Crippen LogP contribution >= 0.6 is 0 Å². The maximum atomic E-state index is 12.8. The molecule has 0 aromatic heterocycles. The third-order valence-electron chi connectivity index (χ3n) is 13.2. The van der Waals surface area contributed by atoms with Gasteiger partial charge in [0.1, 0.15) is 17.4 Å². The van der Waals surface area contributed by atoms with Gasteiger partial charge in [-0.15, -0.1) is 6.58 Å². The molecule has 4 fully saturated rings. The molecule has 0 aliphatic heterocycles. The second kappa shape index (κ2) is 13.7. The van der Waals surface area contributed by atoms with Gasteiger partial charge in [0.15, 0.2) is 5.75 Å². The summed E-state index contributed by atoms with van der Waals surface area (Å²) in [5, 5.41) is 45.8. The first kappa shape index (κ1) is 36.2. The van der Waals surface area contributed by atoms with E-state index in [1.165, 1.54) is 6.07 Å². The number of phenols is 2. The van der Waals surface area contributed by atoms with Gasteiger partial charge in [-0.05, 0) is 137 Å². The standard InChI is InChI=1S/C38H56N2O8/c1-21(2)7-6-16-38(5,47)30-11-8-24-23-20-29(42)26-19-22(14-17-36(26,3)25(23)15-18-37(24,30)4)48-32(44)13-12-31(43)40-27-9-10-28(41)33(34(27)45)35(39)46/h9-10,22-26,29-30,41-42,45,47H,1,6-8,11-20H2,2-5H3,(H2,39,46)(H,40,43)/t22-,23?,24?,25?,26+,29-,30?,36+,37-,38-/m0/s1. The number of primary amides is 1. The van der Waals surface area contributed by atoms with Gasteiger partial charge < -0.3 is 36.2 Å². The lowest BCUT2D eigenvalue weighted by Gasteiger charge is -2.62. The zero-order valence-electron chi connectivity index (χ0n) is 29.1. The minimum absolute atomic E-state index is 0.0253. The predicted octanol–water partition coefficient (Wildman–Crippen LogP) is 5.95. The fourth-order valence-corrected chi connectivity index (χ4v) is 10.9. The predicted molar refractivity (Wildman–Crippen MR) is 182 cm³/mol. The molecule has 4 aliphatic carbocycles. The Balaban J connectivity index is 1.16. The van der Waals surface area contributed by atoms with Gasteiger partial charge in [-0.3, -0.25) is 14.4 Å². The van der Waals surface area contributed by atoms with Crippen molar-refractivity contribution < 1.29 is 39.5 Å². The molecule has 4 aliphatic rings. The third-order valence-corrected chi connectivity index (χ3v) is 13.2. The van der Waals surface area contributed by atoms with Crippen molar-refractivity contribution in [1.82, 2.24) is 0 Å². The highest BCUT2D eigenvalue weighted by atomic mass is 16.5. The Morgan fingerprint density at radius 1 is 1.00 bits per heavy atom. The number of aliphatic hydroxyl groups excluding tert-OH is 1. The van der Waals surface area contributed by atoms with Crippen LogP contribution in [0.15, 0.2) is 24.3 Å².